The minimum atomic E-state index is -0.166. The smallest absolute Gasteiger partial charge is 0.0885 e. The maximum atomic E-state index is 5.80. The zero-order chi connectivity index (χ0) is 14.2. The van der Waals surface area contributed by atoms with Crippen LogP contribution in [0.4, 0.5) is 0 Å². The second-order valence-electron chi connectivity index (χ2n) is 5.63. The van der Waals surface area contributed by atoms with E-state index in [1.54, 1.807) is 7.11 Å². The number of aryl methyl sites for hydroxylation is 1. The number of nitrogens with one attached hydrogen (secondary N) is 1. The highest BCUT2D eigenvalue weighted by Gasteiger charge is 2.44. The molecule has 0 saturated heterocycles. The molecule has 0 aliphatic heterocycles. The predicted molar refractivity (Wildman–Crippen MR) is 80.1 cm³/mol. The van der Waals surface area contributed by atoms with Crippen LogP contribution < -0.4 is 11.3 Å². The summed E-state index contributed by atoms with van der Waals surface area (Å²) in [6.07, 6.45) is 3.28. The van der Waals surface area contributed by atoms with Gasteiger partial charge in [-0.25, -0.2) is 0 Å². The molecule has 3 N–H and O–H groups in total. The van der Waals surface area contributed by atoms with Crippen LogP contribution in [0.15, 0.2) is 30.3 Å². The van der Waals surface area contributed by atoms with Crippen LogP contribution >= 0.6 is 0 Å². The number of hydrogen-bond acceptors (Lipinski definition) is 4. The average molecular weight is 271 g/mol. The Balaban J connectivity index is 2.01. The van der Waals surface area contributed by atoms with Crippen LogP contribution in [0.25, 0.3) is 10.9 Å². The lowest BCUT2D eigenvalue weighted by Crippen LogP contribution is -2.52. The number of hydrogen-bond donors (Lipinski definition) is 2. The van der Waals surface area contributed by atoms with Crippen LogP contribution in [0.1, 0.15) is 36.6 Å². The van der Waals surface area contributed by atoms with E-state index < -0.39 is 0 Å². The van der Waals surface area contributed by atoms with Gasteiger partial charge in [0.2, 0.25) is 0 Å². The number of rotatable bonds is 4. The molecule has 1 atom stereocenters. The lowest BCUT2D eigenvalue weighted by atomic mass is 9.72. The van der Waals surface area contributed by atoms with Crippen LogP contribution in [0, 0.1) is 6.92 Å². The quantitative estimate of drug-likeness (QED) is 0.663. The molecule has 1 aliphatic carbocycles. The van der Waals surface area contributed by atoms with Gasteiger partial charge >= 0.3 is 0 Å². The Labute approximate surface area is 119 Å². The molecule has 1 saturated carbocycles. The van der Waals surface area contributed by atoms with Crippen molar-refractivity contribution < 1.29 is 4.74 Å². The van der Waals surface area contributed by atoms with Crippen LogP contribution in [0.2, 0.25) is 0 Å². The van der Waals surface area contributed by atoms with Crippen LogP contribution in [-0.4, -0.2) is 17.7 Å². The number of methoxy groups -OCH3 is 1. The van der Waals surface area contributed by atoms with Gasteiger partial charge in [0.05, 0.1) is 17.2 Å². The van der Waals surface area contributed by atoms with E-state index in [0.717, 1.165) is 35.0 Å². The maximum Gasteiger partial charge on any atom is 0.0885 e. The van der Waals surface area contributed by atoms with Crippen molar-refractivity contribution in [3.8, 4) is 0 Å². The number of nitrogens with two attached hydrogens (primary N) is 1. The lowest BCUT2D eigenvalue weighted by Gasteiger charge is -2.46. The highest BCUT2D eigenvalue weighted by atomic mass is 16.5. The number of hydrazine groups is 1. The summed E-state index contributed by atoms with van der Waals surface area (Å²) in [4.78, 5) is 4.54. The van der Waals surface area contributed by atoms with E-state index in [2.05, 4.69) is 34.7 Å². The third kappa shape index (κ3) is 2.10. The van der Waals surface area contributed by atoms with Gasteiger partial charge in [0.15, 0.2) is 0 Å². The summed E-state index contributed by atoms with van der Waals surface area (Å²) in [5.74, 6) is 5.80. The van der Waals surface area contributed by atoms with Gasteiger partial charge in [-0.2, -0.15) is 0 Å². The predicted octanol–water partition coefficient (Wildman–Crippen LogP) is 2.62. The van der Waals surface area contributed by atoms with Gasteiger partial charge in [-0.15, -0.1) is 0 Å². The summed E-state index contributed by atoms with van der Waals surface area (Å²) >= 11 is 0. The van der Waals surface area contributed by atoms with Gasteiger partial charge in [0.25, 0.3) is 0 Å². The Bertz CT molecular complexity index is 617. The van der Waals surface area contributed by atoms with Gasteiger partial charge < -0.3 is 4.74 Å². The molecule has 4 nitrogen and oxygen atoms in total. The molecule has 4 heteroatoms. The molecular weight excluding hydrogens is 250 g/mol. The molecular formula is C16H21N3O. The number of aromatic nitrogens is 1. The number of pyridine rings is 1. The molecule has 0 bridgehead atoms. The van der Waals surface area contributed by atoms with Crippen molar-refractivity contribution in [2.24, 2.45) is 5.84 Å². The number of ether oxygens (including phenoxy) is 1. The van der Waals surface area contributed by atoms with Crippen molar-refractivity contribution in [1.29, 1.82) is 0 Å². The molecule has 3 rings (SSSR count). The van der Waals surface area contributed by atoms with E-state index >= 15 is 0 Å². The Morgan fingerprint density at radius 2 is 2.10 bits per heavy atom. The van der Waals surface area contributed by atoms with Gasteiger partial charge in [-0.05, 0) is 49.9 Å². The maximum absolute atomic E-state index is 5.80. The van der Waals surface area contributed by atoms with E-state index in [-0.39, 0.29) is 11.6 Å². The first-order valence-electron chi connectivity index (χ1n) is 7.07. The van der Waals surface area contributed by atoms with Crippen LogP contribution in [-0.2, 0) is 4.74 Å². The van der Waals surface area contributed by atoms with Gasteiger partial charge in [-0.3, -0.25) is 16.3 Å². The summed E-state index contributed by atoms with van der Waals surface area (Å²) in [5.41, 5.74) is 5.99. The molecule has 1 aromatic heterocycles. The number of fused-ring (bicyclic) bond motifs is 1. The first-order chi connectivity index (χ1) is 9.68. The van der Waals surface area contributed by atoms with Crippen molar-refractivity contribution in [2.45, 2.75) is 37.8 Å². The molecule has 1 heterocycles. The number of benzene rings is 1. The number of nitrogens with zero attached hydrogens (tertiary/aromatic N) is 1. The third-order valence-electron chi connectivity index (χ3n) is 4.49. The SMILES string of the molecule is COC1(C(NN)c2ccc3nc(C)ccc3c2)CCC1. The summed E-state index contributed by atoms with van der Waals surface area (Å²) in [7, 11) is 1.77. The Morgan fingerprint density at radius 3 is 2.70 bits per heavy atom. The van der Waals surface area contributed by atoms with E-state index in [1.165, 1.54) is 6.42 Å². The highest BCUT2D eigenvalue weighted by Crippen LogP contribution is 2.44. The molecule has 20 heavy (non-hydrogen) atoms. The summed E-state index contributed by atoms with van der Waals surface area (Å²) in [6, 6.07) is 10.5. The van der Waals surface area contributed by atoms with E-state index in [1.807, 2.05) is 13.0 Å². The fourth-order valence-electron chi connectivity index (χ4n) is 3.11. The largest absolute Gasteiger partial charge is 0.376 e. The summed E-state index contributed by atoms with van der Waals surface area (Å²) in [5, 5.41) is 1.14. The van der Waals surface area contributed by atoms with E-state index in [9.17, 15) is 0 Å². The van der Waals surface area contributed by atoms with Gasteiger partial charge in [0.1, 0.15) is 0 Å². The fourth-order valence-corrected chi connectivity index (χ4v) is 3.11. The topological polar surface area (TPSA) is 60.2 Å². The fraction of sp³-hybridized carbons (Fsp3) is 0.438. The molecule has 0 spiro atoms. The molecule has 2 aromatic rings. The van der Waals surface area contributed by atoms with Gasteiger partial charge in [0, 0.05) is 18.2 Å². The van der Waals surface area contributed by atoms with Crippen molar-refractivity contribution in [1.82, 2.24) is 10.4 Å². The summed E-state index contributed by atoms with van der Waals surface area (Å²) in [6.45, 7) is 2.01. The third-order valence-corrected chi connectivity index (χ3v) is 4.49. The van der Waals surface area contributed by atoms with Crippen molar-refractivity contribution in [3.63, 3.8) is 0 Å². The zero-order valence-corrected chi connectivity index (χ0v) is 12.0. The lowest BCUT2D eigenvalue weighted by molar-refractivity contribution is -0.0998. The molecule has 1 unspecified atom stereocenters. The summed E-state index contributed by atoms with van der Waals surface area (Å²) < 4.78 is 5.75. The first-order valence-corrected chi connectivity index (χ1v) is 7.07. The highest BCUT2D eigenvalue weighted by molar-refractivity contribution is 5.79. The molecule has 0 radical (unpaired) electrons. The standard InChI is InChI=1S/C16H21N3O/c1-11-4-5-12-10-13(6-7-14(12)18-11)15(19-17)16(20-2)8-3-9-16/h4-7,10,15,19H,3,8-9,17H2,1-2H3. The first kappa shape index (κ1) is 13.5. The van der Waals surface area contributed by atoms with Crippen molar-refractivity contribution >= 4 is 10.9 Å². The second-order valence-corrected chi connectivity index (χ2v) is 5.63. The average Bonchev–Trinajstić information content (AvgIpc) is 2.42. The minimum Gasteiger partial charge on any atom is -0.376 e. The van der Waals surface area contributed by atoms with Crippen LogP contribution in [0.3, 0.4) is 0 Å². The minimum absolute atomic E-state index is 0.0203. The normalized spacial score (nSPS) is 18.8. The van der Waals surface area contributed by atoms with E-state index in [0.29, 0.717) is 0 Å². The zero-order valence-electron chi connectivity index (χ0n) is 12.0. The molecule has 1 aromatic carbocycles. The van der Waals surface area contributed by atoms with Crippen molar-refractivity contribution in [3.05, 3.63) is 41.6 Å². The molecule has 1 aliphatic rings. The Hall–Kier alpha value is -1.49. The second kappa shape index (κ2) is 5.13. The van der Waals surface area contributed by atoms with E-state index in [4.69, 9.17) is 10.6 Å². The molecule has 0 amide bonds. The Kier molecular flexibility index (Phi) is 3.46. The van der Waals surface area contributed by atoms with Crippen LogP contribution in [0.5, 0.6) is 0 Å². The molecule has 1 fully saturated rings. The molecule has 106 valence electrons. The monoisotopic (exact) mass is 271 g/mol. The van der Waals surface area contributed by atoms with Crippen molar-refractivity contribution in [2.75, 3.05) is 7.11 Å². The van der Waals surface area contributed by atoms with Gasteiger partial charge in [-0.1, -0.05) is 12.1 Å². The Morgan fingerprint density at radius 1 is 1.30 bits per heavy atom.